The number of aromatic nitrogens is 3. The molecule has 10 heteroatoms. The van der Waals surface area contributed by atoms with Crippen LogP contribution in [0.4, 0.5) is 13.2 Å². The normalized spacial score (nSPS) is 12.2. The highest BCUT2D eigenvalue weighted by Gasteiger charge is 2.26. The van der Waals surface area contributed by atoms with E-state index in [4.69, 9.17) is 4.74 Å². The van der Waals surface area contributed by atoms with E-state index in [9.17, 15) is 18.0 Å². The molecular formula is C23H23F3N4O3. The van der Waals surface area contributed by atoms with Gasteiger partial charge in [-0.05, 0) is 38.1 Å². The van der Waals surface area contributed by atoms with Crippen molar-refractivity contribution in [3.05, 3.63) is 66.4 Å². The third-order valence-electron chi connectivity index (χ3n) is 4.65. The number of hydrogen-bond acceptors (Lipinski definition) is 6. The fourth-order valence-electron chi connectivity index (χ4n) is 3.18. The van der Waals surface area contributed by atoms with Crippen molar-refractivity contribution in [1.82, 2.24) is 19.9 Å². The minimum absolute atomic E-state index is 0.0275. The summed E-state index contributed by atoms with van der Waals surface area (Å²) in [5.41, 5.74) is 0.162. The predicted molar refractivity (Wildman–Crippen MR) is 115 cm³/mol. The van der Waals surface area contributed by atoms with E-state index in [2.05, 4.69) is 19.7 Å². The van der Waals surface area contributed by atoms with Crippen molar-refractivity contribution >= 4 is 5.91 Å². The van der Waals surface area contributed by atoms with Crippen LogP contribution in [-0.4, -0.2) is 51.1 Å². The summed E-state index contributed by atoms with van der Waals surface area (Å²) < 4.78 is 50.5. The van der Waals surface area contributed by atoms with Crippen LogP contribution in [0.15, 0.2) is 55.0 Å². The second kappa shape index (κ2) is 10.3. The van der Waals surface area contributed by atoms with Gasteiger partial charge in [-0.25, -0.2) is 19.3 Å². The topological polar surface area (TPSA) is 77.4 Å². The standard InChI is InChI=1S/C23H23F3N4O3/c1-4-30(15(2)14-32-19-10-9-16(13-29-19)33-23(3,25)26)22(31)17-7-5-8-18(24)20(17)21-27-11-6-12-28-21/h5-13,15H,4,14H2,1-3H3/t15-/m0/s1. The van der Waals surface area contributed by atoms with Gasteiger partial charge in [-0.1, -0.05) is 6.07 Å². The maximum Gasteiger partial charge on any atom is 0.394 e. The van der Waals surface area contributed by atoms with Gasteiger partial charge >= 0.3 is 6.11 Å². The lowest BCUT2D eigenvalue weighted by Crippen LogP contribution is -2.42. The summed E-state index contributed by atoms with van der Waals surface area (Å²) in [5, 5.41) is 0. The molecule has 7 nitrogen and oxygen atoms in total. The van der Waals surface area contributed by atoms with Gasteiger partial charge in [0.15, 0.2) is 5.82 Å². The zero-order valence-corrected chi connectivity index (χ0v) is 18.3. The number of likely N-dealkylation sites (N-methyl/N-ethyl adjacent to an activating group) is 1. The monoisotopic (exact) mass is 460 g/mol. The Morgan fingerprint density at radius 3 is 2.45 bits per heavy atom. The van der Waals surface area contributed by atoms with Crippen LogP contribution in [0.2, 0.25) is 0 Å². The van der Waals surface area contributed by atoms with E-state index in [0.717, 1.165) is 6.20 Å². The van der Waals surface area contributed by atoms with Crippen molar-refractivity contribution in [2.75, 3.05) is 13.2 Å². The predicted octanol–water partition coefficient (Wildman–Crippen LogP) is 4.60. The number of pyridine rings is 1. The lowest BCUT2D eigenvalue weighted by Gasteiger charge is -2.28. The van der Waals surface area contributed by atoms with Crippen LogP contribution in [0.5, 0.6) is 11.6 Å². The molecule has 0 aliphatic heterocycles. The first-order chi connectivity index (χ1) is 15.7. The average molecular weight is 460 g/mol. The van der Waals surface area contributed by atoms with E-state index in [0.29, 0.717) is 13.5 Å². The van der Waals surface area contributed by atoms with E-state index in [-0.39, 0.29) is 35.2 Å². The zero-order chi connectivity index (χ0) is 24.0. The fraction of sp³-hybridized carbons (Fsp3) is 0.304. The van der Waals surface area contributed by atoms with Gasteiger partial charge in [-0.3, -0.25) is 4.79 Å². The van der Waals surface area contributed by atoms with Crippen LogP contribution in [0.1, 0.15) is 31.1 Å². The summed E-state index contributed by atoms with van der Waals surface area (Å²) in [7, 11) is 0. The summed E-state index contributed by atoms with van der Waals surface area (Å²) in [6, 6.07) is 8.13. The highest BCUT2D eigenvalue weighted by molar-refractivity contribution is 6.00. The number of carbonyl (C=O) groups excluding carboxylic acids is 1. The second-order valence-electron chi connectivity index (χ2n) is 7.23. The molecule has 0 unspecified atom stereocenters. The summed E-state index contributed by atoms with van der Waals surface area (Å²) in [6.07, 6.45) is 0.754. The SMILES string of the molecule is CCN(C(=O)c1cccc(F)c1-c1ncccn1)[C@@H](C)COc1ccc(OC(C)(F)F)cn1. The van der Waals surface area contributed by atoms with Crippen molar-refractivity contribution < 1.29 is 27.4 Å². The number of alkyl halides is 2. The number of halogens is 3. The first-order valence-corrected chi connectivity index (χ1v) is 10.2. The van der Waals surface area contributed by atoms with E-state index in [1.807, 2.05) is 0 Å². The number of ether oxygens (including phenoxy) is 2. The summed E-state index contributed by atoms with van der Waals surface area (Å²) in [4.78, 5) is 26.9. The van der Waals surface area contributed by atoms with Crippen LogP contribution in [0.25, 0.3) is 11.4 Å². The van der Waals surface area contributed by atoms with Gasteiger partial charge in [0, 0.05) is 31.9 Å². The van der Waals surface area contributed by atoms with Crippen molar-refractivity contribution in [2.45, 2.75) is 32.9 Å². The number of hydrogen-bond donors (Lipinski definition) is 0. The molecule has 1 atom stereocenters. The zero-order valence-electron chi connectivity index (χ0n) is 18.3. The number of amides is 1. The molecule has 0 saturated carbocycles. The molecule has 33 heavy (non-hydrogen) atoms. The molecule has 0 radical (unpaired) electrons. The highest BCUT2D eigenvalue weighted by atomic mass is 19.3. The highest BCUT2D eigenvalue weighted by Crippen LogP contribution is 2.26. The van der Waals surface area contributed by atoms with Gasteiger partial charge < -0.3 is 14.4 Å². The molecule has 0 saturated heterocycles. The largest absolute Gasteiger partial charge is 0.475 e. The summed E-state index contributed by atoms with van der Waals surface area (Å²) >= 11 is 0. The average Bonchev–Trinajstić information content (AvgIpc) is 2.78. The molecule has 174 valence electrons. The van der Waals surface area contributed by atoms with Crippen molar-refractivity contribution in [2.24, 2.45) is 0 Å². The smallest absolute Gasteiger partial charge is 0.394 e. The summed E-state index contributed by atoms with van der Waals surface area (Å²) in [5.74, 6) is -0.812. The Hall–Kier alpha value is -3.69. The molecule has 0 aliphatic rings. The van der Waals surface area contributed by atoms with E-state index in [1.165, 1.54) is 47.6 Å². The van der Waals surface area contributed by atoms with Crippen LogP contribution in [-0.2, 0) is 0 Å². The number of rotatable bonds is 9. The minimum atomic E-state index is -3.32. The molecule has 1 amide bonds. The molecule has 3 aromatic rings. The minimum Gasteiger partial charge on any atom is -0.475 e. The van der Waals surface area contributed by atoms with E-state index in [1.54, 1.807) is 19.9 Å². The van der Waals surface area contributed by atoms with E-state index >= 15 is 0 Å². The number of carbonyl (C=O) groups is 1. The fourth-order valence-corrected chi connectivity index (χ4v) is 3.18. The molecule has 0 bridgehead atoms. The molecule has 2 aromatic heterocycles. The molecule has 1 aromatic carbocycles. The van der Waals surface area contributed by atoms with Crippen molar-refractivity contribution in [3.8, 4) is 23.0 Å². The molecule has 0 aliphatic carbocycles. The first-order valence-electron chi connectivity index (χ1n) is 10.2. The maximum absolute atomic E-state index is 14.6. The lowest BCUT2D eigenvalue weighted by atomic mass is 10.0. The second-order valence-corrected chi connectivity index (χ2v) is 7.23. The Bertz CT molecular complexity index is 1080. The Morgan fingerprint density at radius 1 is 1.12 bits per heavy atom. The Balaban J connectivity index is 1.73. The molecule has 0 N–H and O–H groups in total. The Kier molecular flexibility index (Phi) is 7.47. The molecular weight excluding hydrogens is 437 g/mol. The third kappa shape index (κ3) is 6.18. The van der Waals surface area contributed by atoms with Crippen LogP contribution in [0.3, 0.4) is 0 Å². The molecule has 0 spiro atoms. The van der Waals surface area contributed by atoms with Gasteiger partial charge in [0.2, 0.25) is 5.88 Å². The van der Waals surface area contributed by atoms with Crippen LogP contribution >= 0.6 is 0 Å². The third-order valence-corrected chi connectivity index (χ3v) is 4.65. The first kappa shape index (κ1) is 24.0. The van der Waals surface area contributed by atoms with E-state index < -0.39 is 23.9 Å². The Morgan fingerprint density at radius 2 is 1.85 bits per heavy atom. The molecule has 2 heterocycles. The van der Waals surface area contributed by atoms with Crippen LogP contribution < -0.4 is 9.47 Å². The number of nitrogens with zero attached hydrogens (tertiary/aromatic N) is 4. The van der Waals surface area contributed by atoms with Gasteiger partial charge in [-0.2, -0.15) is 8.78 Å². The number of benzene rings is 1. The summed E-state index contributed by atoms with van der Waals surface area (Å²) in [6.45, 7) is 4.60. The van der Waals surface area contributed by atoms with Gasteiger partial charge in [0.1, 0.15) is 18.2 Å². The van der Waals surface area contributed by atoms with Gasteiger partial charge in [-0.15, -0.1) is 0 Å². The van der Waals surface area contributed by atoms with Crippen molar-refractivity contribution in [3.63, 3.8) is 0 Å². The van der Waals surface area contributed by atoms with Crippen LogP contribution in [0, 0.1) is 5.82 Å². The quantitative estimate of drug-likeness (QED) is 0.465. The molecule has 3 rings (SSSR count). The molecule has 0 fully saturated rings. The maximum atomic E-state index is 14.6. The van der Waals surface area contributed by atoms with Gasteiger partial charge in [0.05, 0.1) is 23.4 Å². The Labute approximate surface area is 189 Å². The lowest BCUT2D eigenvalue weighted by molar-refractivity contribution is -0.159. The van der Waals surface area contributed by atoms with Crippen molar-refractivity contribution in [1.29, 1.82) is 0 Å². The van der Waals surface area contributed by atoms with Gasteiger partial charge in [0.25, 0.3) is 5.91 Å².